The van der Waals surface area contributed by atoms with Gasteiger partial charge in [0.2, 0.25) is 0 Å². The molecule has 0 unspecified atom stereocenters. The molecule has 0 saturated carbocycles. The van der Waals surface area contributed by atoms with Crippen molar-refractivity contribution in [3.05, 3.63) is 48.5 Å². The molecule has 0 aliphatic carbocycles. The summed E-state index contributed by atoms with van der Waals surface area (Å²) in [5.74, 6) is 0.599. The van der Waals surface area contributed by atoms with E-state index in [1.165, 1.54) is 7.11 Å². The Balaban J connectivity index is 2.20. The number of para-hydroxylation sites is 1. The number of methoxy groups -OCH3 is 1. The van der Waals surface area contributed by atoms with Crippen LogP contribution in [0.4, 0.5) is 11.4 Å². The van der Waals surface area contributed by atoms with Crippen LogP contribution in [0.15, 0.2) is 48.5 Å². The van der Waals surface area contributed by atoms with E-state index < -0.39 is 0 Å². The van der Waals surface area contributed by atoms with Crippen LogP contribution in [0.2, 0.25) is 0 Å². The number of aromatic hydroxyl groups is 1. The molecule has 0 aliphatic heterocycles. The van der Waals surface area contributed by atoms with Gasteiger partial charge < -0.3 is 15.2 Å². The molecule has 0 fully saturated rings. The summed E-state index contributed by atoms with van der Waals surface area (Å²) < 4.78 is 4.97. The van der Waals surface area contributed by atoms with Crippen molar-refractivity contribution in [1.82, 2.24) is 0 Å². The largest absolute Gasteiger partial charge is 0.504 e. The Hall–Kier alpha value is -2.16. The van der Waals surface area contributed by atoms with Crippen LogP contribution < -0.4 is 10.1 Å². The van der Waals surface area contributed by atoms with Crippen LogP contribution in [-0.4, -0.2) is 12.2 Å². The molecule has 3 nitrogen and oxygen atoms in total. The highest BCUT2D eigenvalue weighted by atomic mass is 16.5. The minimum Gasteiger partial charge on any atom is -0.504 e. The third kappa shape index (κ3) is 2.25. The molecule has 0 amide bonds. The van der Waals surface area contributed by atoms with Gasteiger partial charge in [0.05, 0.1) is 7.11 Å². The van der Waals surface area contributed by atoms with Crippen LogP contribution in [0.5, 0.6) is 11.5 Å². The van der Waals surface area contributed by atoms with Crippen molar-refractivity contribution in [3.63, 3.8) is 0 Å². The predicted octanol–water partition coefficient (Wildman–Crippen LogP) is 3.14. The summed E-state index contributed by atoms with van der Waals surface area (Å²) in [6.45, 7) is 0. The third-order valence-corrected chi connectivity index (χ3v) is 2.24. The normalized spacial score (nSPS) is 9.81. The molecule has 3 heteroatoms. The smallest absolute Gasteiger partial charge is 0.160 e. The summed E-state index contributed by atoms with van der Waals surface area (Å²) in [5, 5.41) is 12.8. The molecule has 16 heavy (non-hydrogen) atoms. The van der Waals surface area contributed by atoms with Crippen molar-refractivity contribution >= 4 is 11.4 Å². The maximum absolute atomic E-state index is 9.60. The SMILES string of the molecule is COc1ccc(Nc2ccccc2)cc1O. The molecule has 2 rings (SSSR count). The molecular formula is C13H13NO2. The fourth-order valence-corrected chi connectivity index (χ4v) is 1.46. The summed E-state index contributed by atoms with van der Waals surface area (Å²) in [6, 6.07) is 15.0. The van der Waals surface area contributed by atoms with Crippen molar-refractivity contribution in [2.45, 2.75) is 0 Å². The monoisotopic (exact) mass is 215 g/mol. The first kappa shape index (κ1) is 10.4. The van der Waals surface area contributed by atoms with E-state index in [0.29, 0.717) is 5.75 Å². The minimum atomic E-state index is 0.128. The minimum absolute atomic E-state index is 0.128. The lowest BCUT2D eigenvalue weighted by Crippen LogP contribution is -1.90. The van der Waals surface area contributed by atoms with Crippen LogP contribution >= 0.6 is 0 Å². The lowest BCUT2D eigenvalue weighted by molar-refractivity contribution is 0.373. The molecule has 0 aliphatic rings. The predicted molar refractivity (Wildman–Crippen MR) is 64.4 cm³/mol. The summed E-state index contributed by atoms with van der Waals surface area (Å²) in [5.41, 5.74) is 1.80. The molecule has 0 bridgehead atoms. The first-order chi connectivity index (χ1) is 7.79. The number of nitrogens with one attached hydrogen (secondary N) is 1. The van der Waals surface area contributed by atoms with Gasteiger partial charge in [-0.1, -0.05) is 18.2 Å². The van der Waals surface area contributed by atoms with Gasteiger partial charge in [0.15, 0.2) is 11.5 Å². The average Bonchev–Trinajstić information content (AvgIpc) is 2.31. The van der Waals surface area contributed by atoms with Gasteiger partial charge in [-0.25, -0.2) is 0 Å². The van der Waals surface area contributed by atoms with Crippen molar-refractivity contribution in [2.75, 3.05) is 12.4 Å². The Labute approximate surface area is 94.3 Å². The van der Waals surface area contributed by atoms with Crippen LogP contribution in [0.25, 0.3) is 0 Å². The Morgan fingerprint density at radius 1 is 1.00 bits per heavy atom. The highest BCUT2D eigenvalue weighted by molar-refractivity contribution is 5.63. The molecule has 0 radical (unpaired) electrons. The zero-order chi connectivity index (χ0) is 11.4. The van der Waals surface area contributed by atoms with Gasteiger partial charge in [0, 0.05) is 17.4 Å². The molecular weight excluding hydrogens is 202 g/mol. The van der Waals surface area contributed by atoms with Gasteiger partial charge in [0.25, 0.3) is 0 Å². The van der Waals surface area contributed by atoms with Crippen molar-refractivity contribution < 1.29 is 9.84 Å². The number of hydrogen-bond donors (Lipinski definition) is 2. The van der Waals surface area contributed by atoms with Crippen LogP contribution in [0, 0.1) is 0 Å². The van der Waals surface area contributed by atoms with Crippen LogP contribution in [0.3, 0.4) is 0 Å². The highest BCUT2D eigenvalue weighted by Crippen LogP contribution is 2.29. The quantitative estimate of drug-likeness (QED) is 0.826. The standard InChI is InChI=1S/C13H13NO2/c1-16-13-8-7-11(9-12(13)15)14-10-5-3-2-4-6-10/h2-9,14-15H,1H3. The molecule has 0 aromatic heterocycles. The maximum atomic E-state index is 9.60. The summed E-state index contributed by atoms with van der Waals surface area (Å²) in [6.07, 6.45) is 0. The number of hydrogen-bond acceptors (Lipinski definition) is 3. The second kappa shape index (κ2) is 4.57. The van der Waals surface area contributed by atoms with Crippen molar-refractivity contribution in [3.8, 4) is 11.5 Å². The first-order valence-corrected chi connectivity index (χ1v) is 4.98. The van der Waals surface area contributed by atoms with Crippen molar-refractivity contribution in [2.24, 2.45) is 0 Å². The van der Waals surface area contributed by atoms with Gasteiger partial charge in [0.1, 0.15) is 0 Å². The fourth-order valence-electron chi connectivity index (χ4n) is 1.46. The number of phenolic OH excluding ortho intramolecular Hbond substituents is 1. The summed E-state index contributed by atoms with van der Waals surface area (Å²) in [7, 11) is 1.53. The van der Waals surface area contributed by atoms with Crippen molar-refractivity contribution in [1.29, 1.82) is 0 Å². The second-order valence-electron chi connectivity index (χ2n) is 3.38. The van der Waals surface area contributed by atoms with E-state index in [2.05, 4.69) is 5.32 Å². The van der Waals surface area contributed by atoms with Gasteiger partial charge in [-0.3, -0.25) is 0 Å². The average molecular weight is 215 g/mol. The lowest BCUT2D eigenvalue weighted by atomic mass is 10.2. The Bertz CT molecular complexity index is 469. The van der Waals surface area contributed by atoms with Gasteiger partial charge in [-0.05, 0) is 24.3 Å². The third-order valence-electron chi connectivity index (χ3n) is 2.24. The van der Waals surface area contributed by atoms with Gasteiger partial charge in [-0.15, -0.1) is 0 Å². The molecule has 0 atom stereocenters. The van der Waals surface area contributed by atoms with Gasteiger partial charge >= 0.3 is 0 Å². The topological polar surface area (TPSA) is 41.5 Å². The van der Waals surface area contributed by atoms with E-state index >= 15 is 0 Å². The summed E-state index contributed by atoms with van der Waals surface area (Å²) >= 11 is 0. The molecule has 2 N–H and O–H groups in total. The first-order valence-electron chi connectivity index (χ1n) is 4.98. The van der Waals surface area contributed by atoms with Gasteiger partial charge in [-0.2, -0.15) is 0 Å². The molecule has 0 saturated heterocycles. The number of ether oxygens (including phenoxy) is 1. The zero-order valence-corrected chi connectivity index (χ0v) is 8.97. The van der Waals surface area contributed by atoms with E-state index in [0.717, 1.165) is 11.4 Å². The van der Waals surface area contributed by atoms with E-state index in [9.17, 15) is 5.11 Å². The fraction of sp³-hybridized carbons (Fsp3) is 0.0769. The molecule has 82 valence electrons. The number of rotatable bonds is 3. The molecule has 2 aromatic carbocycles. The van der Waals surface area contributed by atoms with E-state index in [1.54, 1.807) is 12.1 Å². The zero-order valence-electron chi connectivity index (χ0n) is 8.97. The highest BCUT2D eigenvalue weighted by Gasteiger charge is 2.02. The molecule has 0 spiro atoms. The van der Waals surface area contributed by atoms with Crippen LogP contribution in [-0.2, 0) is 0 Å². The Kier molecular flexibility index (Phi) is 2.96. The van der Waals surface area contributed by atoms with E-state index in [1.807, 2.05) is 36.4 Å². The number of benzene rings is 2. The second-order valence-corrected chi connectivity index (χ2v) is 3.38. The molecule has 2 aromatic rings. The number of phenols is 1. The maximum Gasteiger partial charge on any atom is 0.160 e. The van der Waals surface area contributed by atoms with Crippen LogP contribution in [0.1, 0.15) is 0 Å². The number of anilines is 2. The van der Waals surface area contributed by atoms with E-state index in [4.69, 9.17) is 4.74 Å². The Morgan fingerprint density at radius 2 is 1.75 bits per heavy atom. The Morgan fingerprint density at radius 3 is 2.38 bits per heavy atom. The summed E-state index contributed by atoms with van der Waals surface area (Å²) in [4.78, 5) is 0. The van der Waals surface area contributed by atoms with E-state index in [-0.39, 0.29) is 5.75 Å². The molecule has 0 heterocycles. The lowest BCUT2D eigenvalue weighted by Gasteiger charge is -2.08.